The highest BCUT2D eigenvalue weighted by Crippen LogP contribution is 2.10. The Balaban J connectivity index is 2.89. The third-order valence-electron chi connectivity index (χ3n) is 1.81. The maximum atomic E-state index is 10.4. The van der Waals surface area contributed by atoms with Crippen LogP contribution in [-0.2, 0) is 4.79 Å². The van der Waals surface area contributed by atoms with E-state index in [0.29, 0.717) is 5.57 Å². The lowest BCUT2D eigenvalue weighted by Gasteiger charge is -2.10. The summed E-state index contributed by atoms with van der Waals surface area (Å²) in [6.45, 7) is 1.77. The van der Waals surface area contributed by atoms with E-state index in [-0.39, 0.29) is 0 Å². The number of aromatic nitrogens is 1. The van der Waals surface area contributed by atoms with E-state index in [1.807, 2.05) is 31.1 Å². The molecule has 0 atom stereocenters. The summed E-state index contributed by atoms with van der Waals surface area (Å²) in [6, 6.07) is 3.86. The lowest BCUT2D eigenvalue weighted by molar-refractivity contribution is -0.104. The van der Waals surface area contributed by atoms with Crippen LogP contribution < -0.4 is 4.90 Å². The van der Waals surface area contributed by atoms with Gasteiger partial charge in [-0.25, -0.2) is 4.98 Å². The van der Waals surface area contributed by atoms with Crippen molar-refractivity contribution in [2.45, 2.75) is 6.92 Å². The molecular formula is C11H14N2O. The second-order valence-corrected chi connectivity index (χ2v) is 3.35. The Kier molecular flexibility index (Phi) is 3.40. The second kappa shape index (κ2) is 4.56. The van der Waals surface area contributed by atoms with Crippen molar-refractivity contribution in [3.05, 3.63) is 29.5 Å². The van der Waals surface area contributed by atoms with Crippen LogP contribution >= 0.6 is 0 Å². The Bertz CT molecular complexity index is 339. The first-order valence-corrected chi connectivity index (χ1v) is 4.40. The summed E-state index contributed by atoms with van der Waals surface area (Å²) in [5.41, 5.74) is 1.64. The molecule has 0 fully saturated rings. The molecular weight excluding hydrogens is 176 g/mol. The van der Waals surface area contributed by atoms with Gasteiger partial charge in [0.1, 0.15) is 12.1 Å². The number of anilines is 1. The van der Waals surface area contributed by atoms with Crippen molar-refractivity contribution < 1.29 is 4.79 Å². The first kappa shape index (κ1) is 10.4. The van der Waals surface area contributed by atoms with E-state index in [1.54, 1.807) is 19.2 Å². The molecule has 74 valence electrons. The number of allylic oxidation sites excluding steroid dienone is 1. The van der Waals surface area contributed by atoms with Gasteiger partial charge in [0.05, 0.1) is 0 Å². The highest BCUT2D eigenvalue weighted by atomic mass is 16.1. The lowest BCUT2D eigenvalue weighted by atomic mass is 10.2. The van der Waals surface area contributed by atoms with Gasteiger partial charge in [0, 0.05) is 20.3 Å². The normalized spacial score (nSPS) is 11.2. The summed E-state index contributed by atoms with van der Waals surface area (Å²) in [5.74, 6) is 0.908. The Hall–Kier alpha value is -1.64. The number of pyridine rings is 1. The second-order valence-electron chi connectivity index (χ2n) is 3.35. The minimum Gasteiger partial charge on any atom is -0.363 e. The van der Waals surface area contributed by atoms with Crippen molar-refractivity contribution in [2.24, 2.45) is 0 Å². The van der Waals surface area contributed by atoms with Crippen molar-refractivity contribution in [1.29, 1.82) is 0 Å². The molecule has 1 aromatic rings. The molecule has 0 spiro atoms. The summed E-state index contributed by atoms with van der Waals surface area (Å²) in [5, 5.41) is 0. The molecule has 0 saturated carbocycles. The van der Waals surface area contributed by atoms with Gasteiger partial charge in [-0.15, -0.1) is 0 Å². The largest absolute Gasteiger partial charge is 0.363 e. The Morgan fingerprint density at radius 1 is 1.43 bits per heavy atom. The van der Waals surface area contributed by atoms with Crippen LogP contribution in [0.4, 0.5) is 5.82 Å². The predicted molar refractivity (Wildman–Crippen MR) is 58.3 cm³/mol. The van der Waals surface area contributed by atoms with Gasteiger partial charge in [-0.05, 0) is 36.3 Å². The fourth-order valence-electron chi connectivity index (χ4n) is 1.04. The van der Waals surface area contributed by atoms with Crippen LogP contribution in [0.15, 0.2) is 23.9 Å². The molecule has 0 aromatic carbocycles. The summed E-state index contributed by atoms with van der Waals surface area (Å²) >= 11 is 0. The molecule has 0 aliphatic rings. The molecule has 1 heterocycles. The van der Waals surface area contributed by atoms with Crippen molar-refractivity contribution in [2.75, 3.05) is 19.0 Å². The zero-order valence-electron chi connectivity index (χ0n) is 8.69. The van der Waals surface area contributed by atoms with E-state index in [1.165, 1.54) is 0 Å². The third kappa shape index (κ3) is 2.69. The molecule has 0 amide bonds. The van der Waals surface area contributed by atoms with Gasteiger partial charge < -0.3 is 4.90 Å². The topological polar surface area (TPSA) is 33.2 Å². The standard InChI is InChI=1S/C11H14N2O/c1-9(8-14)6-10-4-5-11(12-7-10)13(2)3/h4-8H,1-3H3. The smallest absolute Gasteiger partial charge is 0.145 e. The zero-order chi connectivity index (χ0) is 10.6. The van der Waals surface area contributed by atoms with E-state index in [0.717, 1.165) is 17.7 Å². The van der Waals surface area contributed by atoms with Crippen molar-refractivity contribution in [3.63, 3.8) is 0 Å². The molecule has 0 N–H and O–H groups in total. The number of carbonyl (C=O) groups excluding carboxylic acids is 1. The van der Waals surface area contributed by atoms with E-state index >= 15 is 0 Å². The van der Waals surface area contributed by atoms with E-state index in [2.05, 4.69) is 4.98 Å². The predicted octanol–water partition coefficient (Wildman–Crippen LogP) is 1.75. The molecule has 1 rings (SSSR count). The molecule has 0 aliphatic heterocycles. The average molecular weight is 190 g/mol. The summed E-state index contributed by atoms with van der Waals surface area (Å²) < 4.78 is 0. The van der Waals surface area contributed by atoms with Crippen LogP contribution in [0.5, 0.6) is 0 Å². The quantitative estimate of drug-likeness (QED) is 0.537. The molecule has 14 heavy (non-hydrogen) atoms. The van der Waals surface area contributed by atoms with Crippen LogP contribution in [0.25, 0.3) is 6.08 Å². The van der Waals surface area contributed by atoms with Gasteiger partial charge in [-0.2, -0.15) is 0 Å². The van der Waals surface area contributed by atoms with Crippen molar-refractivity contribution in [1.82, 2.24) is 4.98 Å². The fraction of sp³-hybridized carbons (Fsp3) is 0.273. The van der Waals surface area contributed by atoms with Gasteiger partial charge in [0.15, 0.2) is 0 Å². The van der Waals surface area contributed by atoms with E-state index < -0.39 is 0 Å². The molecule has 0 radical (unpaired) electrons. The number of carbonyl (C=O) groups is 1. The Morgan fingerprint density at radius 2 is 2.14 bits per heavy atom. The maximum absolute atomic E-state index is 10.4. The molecule has 0 bridgehead atoms. The van der Waals surface area contributed by atoms with Gasteiger partial charge in [0.2, 0.25) is 0 Å². The van der Waals surface area contributed by atoms with Gasteiger partial charge in [0.25, 0.3) is 0 Å². The molecule has 3 nitrogen and oxygen atoms in total. The number of hydrogen-bond acceptors (Lipinski definition) is 3. The minimum absolute atomic E-state index is 0.699. The van der Waals surface area contributed by atoms with Crippen LogP contribution in [0.3, 0.4) is 0 Å². The van der Waals surface area contributed by atoms with Gasteiger partial charge in [-0.1, -0.05) is 0 Å². The number of aldehydes is 1. The van der Waals surface area contributed by atoms with E-state index in [9.17, 15) is 4.79 Å². The molecule has 0 saturated heterocycles. The molecule has 1 aromatic heterocycles. The monoisotopic (exact) mass is 190 g/mol. The number of rotatable bonds is 3. The third-order valence-corrected chi connectivity index (χ3v) is 1.81. The Morgan fingerprint density at radius 3 is 2.57 bits per heavy atom. The van der Waals surface area contributed by atoms with Crippen LogP contribution in [-0.4, -0.2) is 25.4 Å². The maximum Gasteiger partial charge on any atom is 0.145 e. The molecule has 3 heteroatoms. The summed E-state index contributed by atoms with van der Waals surface area (Å²) in [7, 11) is 3.88. The highest BCUT2D eigenvalue weighted by molar-refractivity contribution is 5.80. The van der Waals surface area contributed by atoms with Crippen LogP contribution in [0, 0.1) is 0 Å². The number of nitrogens with zero attached hydrogens (tertiary/aromatic N) is 2. The lowest BCUT2D eigenvalue weighted by Crippen LogP contribution is -2.09. The van der Waals surface area contributed by atoms with Crippen LogP contribution in [0.2, 0.25) is 0 Å². The summed E-state index contributed by atoms with van der Waals surface area (Å²) in [4.78, 5) is 16.5. The molecule has 0 aliphatic carbocycles. The number of hydrogen-bond donors (Lipinski definition) is 0. The zero-order valence-corrected chi connectivity index (χ0v) is 8.69. The first-order chi connectivity index (χ1) is 6.63. The molecule has 0 unspecified atom stereocenters. The summed E-state index contributed by atoms with van der Waals surface area (Å²) in [6.07, 6.45) is 4.39. The Labute approximate surface area is 84.1 Å². The van der Waals surface area contributed by atoms with Crippen LogP contribution in [0.1, 0.15) is 12.5 Å². The highest BCUT2D eigenvalue weighted by Gasteiger charge is 1.95. The van der Waals surface area contributed by atoms with Crippen molar-refractivity contribution >= 4 is 18.2 Å². The average Bonchev–Trinajstić information content (AvgIpc) is 2.18. The van der Waals surface area contributed by atoms with E-state index in [4.69, 9.17) is 0 Å². The van der Waals surface area contributed by atoms with Crippen molar-refractivity contribution in [3.8, 4) is 0 Å². The SMILES string of the molecule is CC(C=O)=Cc1ccc(N(C)C)nc1. The first-order valence-electron chi connectivity index (χ1n) is 4.40. The van der Waals surface area contributed by atoms with Gasteiger partial charge >= 0.3 is 0 Å². The van der Waals surface area contributed by atoms with Gasteiger partial charge in [-0.3, -0.25) is 4.79 Å². The fourth-order valence-corrected chi connectivity index (χ4v) is 1.04. The minimum atomic E-state index is 0.699.